The molecule has 0 aliphatic carbocycles. The number of carbonyl (C=O) groups excluding carboxylic acids is 3. The molecule has 9 nitrogen and oxygen atoms in total. The van der Waals surface area contributed by atoms with Gasteiger partial charge in [0.2, 0.25) is 0 Å². The summed E-state index contributed by atoms with van der Waals surface area (Å²) in [5.74, 6) is -2.44. The van der Waals surface area contributed by atoms with Crippen LogP contribution in [0, 0.1) is 16.3 Å². The van der Waals surface area contributed by atoms with Crippen LogP contribution in [-0.2, 0) is 14.4 Å². The standard InChI is InChI=1S/C25H22FIN4O5/c1-15-7-3-5-9-19(15)29-22(32)14-36-23-18(27)11-16(12-21(23)35-2)13-28-31-25(34)24(33)30-20-10-6-4-8-17(20)26/h3-13H,14H2,1-2H3,(H,29,32)(H,30,33)(H,31,34)/b28-13-. The lowest BCUT2D eigenvalue weighted by Crippen LogP contribution is -2.32. The van der Waals surface area contributed by atoms with E-state index in [1.807, 2.05) is 47.7 Å². The molecule has 0 fully saturated rings. The number of hydrogen-bond donors (Lipinski definition) is 3. The molecule has 0 bridgehead atoms. The molecule has 0 aliphatic rings. The molecule has 11 heteroatoms. The number of ether oxygens (including phenoxy) is 2. The Hall–Kier alpha value is -4.00. The van der Waals surface area contributed by atoms with Crippen molar-refractivity contribution in [3.8, 4) is 11.5 Å². The predicted octanol–water partition coefficient (Wildman–Crippen LogP) is 3.85. The summed E-state index contributed by atoms with van der Waals surface area (Å²) in [6, 6.07) is 16.1. The van der Waals surface area contributed by atoms with E-state index in [2.05, 4.69) is 21.2 Å². The van der Waals surface area contributed by atoms with Crippen LogP contribution in [0.15, 0.2) is 65.8 Å². The van der Waals surface area contributed by atoms with Crippen molar-refractivity contribution in [3.63, 3.8) is 0 Å². The number of para-hydroxylation sites is 2. The van der Waals surface area contributed by atoms with E-state index in [9.17, 15) is 18.8 Å². The first-order valence-electron chi connectivity index (χ1n) is 10.5. The average molecular weight is 604 g/mol. The zero-order valence-electron chi connectivity index (χ0n) is 19.3. The minimum Gasteiger partial charge on any atom is -0.493 e. The molecular formula is C25H22FIN4O5. The number of halogens is 2. The molecule has 3 N–H and O–H groups in total. The van der Waals surface area contributed by atoms with Crippen molar-refractivity contribution in [2.45, 2.75) is 6.92 Å². The van der Waals surface area contributed by atoms with Gasteiger partial charge in [0.05, 0.1) is 22.6 Å². The fourth-order valence-corrected chi connectivity index (χ4v) is 3.73. The number of anilines is 2. The molecule has 0 unspecified atom stereocenters. The van der Waals surface area contributed by atoms with Gasteiger partial charge < -0.3 is 20.1 Å². The van der Waals surface area contributed by atoms with Gasteiger partial charge in [0.25, 0.3) is 5.91 Å². The Labute approximate surface area is 220 Å². The summed E-state index contributed by atoms with van der Waals surface area (Å²) >= 11 is 2.02. The van der Waals surface area contributed by atoms with Gasteiger partial charge in [-0.25, -0.2) is 9.82 Å². The van der Waals surface area contributed by atoms with Gasteiger partial charge in [-0.05, 0) is 71.0 Å². The van der Waals surface area contributed by atoms with Crippen molar-refractivity contribution < 1.29 is 28.2 Å². The molecule has 0 aliphatic heterocycles. The van der Waals surface area contributed by atoms with Gasteiger partial charge in [-0.2, -0.15) is 5.10 Å². The van der Waals surface area contributed by atoms with Gasteiger partial charge in [0.15, 0.2) is 18.1 Å². The summed E-state index contributed by atoms with van der Waals surface area (Å²) in [5.41, 5.74) is 4.11. The summed E-state index contributed by atoms with van der Waals surface area (Å²) in [6.45, 7) is 1.65. The van der Waals surface area contributed by atoms with Crippen molar-refractivity contribution in [3.05, 3.63) is 81.2 Å². The molecule has 3 amide bonds. The van der Waals surface area contributed by atoms with Crippen LogP contribution in [0.5, 0.6) is 11.5 Å². The molecule has 3 aromatic carbocycles. The molecule has 0 atom stereocenters. The van der Waals surface area contributed by atoms with Gasteiger partial charge in [0.1, 0.15) is 5.82 Å². The third kappa shape index (κ3) is 7.25. The van der Waals surface area contributed by atoms with Crippen LogP contribution in [0.25, 0.3) is 0 Å². The highest BCUT2D eigenvalue weighted by Crippen LogP contribution is 2.33. The average Bonchev–Trinajstić information content (AvgIpc) is 2.85. The number of rotatable bonds is 8. The van der Waals surface area contributed by atoms with Crippen molar-refractivity contribution in [1.82, 2.24) is 5.43 Å². The Morgan fingerprint density at radius 3 is 2.39 bits per heavy atom. The predicted molar refractivity (Wildman–Crippen MR) is 142 cm³/mol. The smallest absolute Gasteiger partial charge is 0.329 e. The van der Waals surface area contributed by atoms with E-state index in [-0.39, 0.29) is 18.2 Å². The van der Waals surface area contributed by atoms with Crippen LogP contribution >= 0.6 is 22.6 Å². The Morgan fingerprint density at radius 1 is 1.00 bits per heavy atom. The molecule has 0 radical (unpaired) electrons. The second-order valence-corrected chi connectivity index (χ2v) is 8.48. The zero-order valence-corrected chi connectivity index (χ0v) is 21.5. The fourth-order valence-electron chi connectivity index (χ4n) is 2.95. The highest BCUT2D eigenvalue weighted by molar-refractivity contribution is 14.1. The topological polar surface area (TPSA) is 118 Å². The second-order valence-electron chi connectivity index (χ2n) is 7.32. The van der Waals surface area contributed by atoms with Crippen molar-refractivity contribution in [2.24, 2.45) is 5.10 Å². The van der Waals surface area contributed by atoms with E-state index in [4.69, 9.17) is 9.47 Å². The van der Waals surface area contributed by atoms with Crippen molar-refractivity contribution in [1.29, 1.82) is 0 Å². The Bertz CT molecular complexity index is 1320. The van der Waals surface area contributed by atoms with Gasteiger partial charge >= 0.3 is 11.8 Å². The van der Waals surface area contributed by atoms with E-state index < -0.39 is 17.6 Å². The summed E-state index contributed by atoms with van der Waals surface area (Å²) in [4.78, 5) is 36.2. The van der Waals surface area contributed by atoms with E-state index in [0.29, 0.717) is 26.3 Å². The number of carbonyl (C=O) groups is 3. The maximum atomic E-state index is 13.6. The van der Waals surface area contributed by atoms with Gasteiger partial charge in [-0.1, -0.05) is 30.3 Å². The van der Waals surface area contributed by atoms with Crippen LogP contribution < -0.4 is 25.5 Å². The Kier molecular flexibility index (Phi) is 9.33. The molecular weight excluding hydrogens is 582 g/mol. The second kappa shape index (κ2) is 12.6. The molecule has 0 aromatic heterocycles. The zero-order chi connectivity index (χ0) is 26.1. The number of amides is 3. The minimum atomic E-state index is -1.07. The highest BCUT2D eigenvalue weighted by Gasteiger charge is 2.16. The Morgan fingerprint density at radius 2 is 1.69 bits per heavy atom. The number of nitrogens with one attached hydrogen (secondary N) is 3. The number of methoxy groups -OCH3 is 1. The molecule has 36 heavy (non-hydrogen) atoms. The van der Waals surface area contributed by atoms with Crippen molar-refractivity contribution >= 4 is 57.9 Å². The van der Waals surface area contributed by atoms with Gasteiger partial charge in [-0.15, -0.1) is 0 Å². The molecule has 0 spiro atoms. The van der Waals surface area contributed by atoms with E-state index in [0.717, 1.165) is 11.6 Å². The normalized spacial score (nSPS) is 10.6. The number of aryl methyl sites for hydroxylation is 1. The summed E-state index contributed by atoms with van der Waals surface area (Å²) < 4.78 is 25.3. The third-order valence-corrected chi connectivity index (χ3v) is 5.53. The lowest BCUT2D eigenvalue weighted by atomic mass is 10.2. The lowest BCUT2D eigenvalue weighted by molar-refractivity contribution is -0.136. The van der Waals surface area contributed by atoms with Crippen LogP contribution in [-0.4, -0.2) is 37.7 Å². The van der Waals surface area contributed by atoms with E-state index in [1.54, 1.807) is 18.2 Å². The highest BCUT2D eigenvalue weighted by atomic mass is 127. The first kappa shape index (κ1) is 26.6. The summed E-state index contributed by atoms with van der Waals surface area (Å²) in [5, 5.41) is 8.72. The van der Waals surface area contributed by atoms with Crippen LogP contribution in [0.3, 0.4) is 0 Å². The first-order valence-corrected chi connectivity index (χ1v) is 11.6. The molecule has 0 saturated heterocycles. The quantitative estimate of drug-likeness (QED) is 0.156. The minimum absolute atomic E-state index is 0.121. The van der Waals surface area contributed by atoms with Crippen LogP contribution in [0.2, 0.25) is 0 Å². The van der Waals surface area contributed by atoms with Gasteiger partial charge in [0, 0.05) is 5.69 Å². The van der Waals surface area contributed by atoms with Crippen LogP contribution in [0.4, 0.5) is 15.8 Å². The fraction of sp³-hybridized carbons (Fsp3) is 0.120. The number of hydrazone groups is 1. The third-order valence-electron chi connectivity index (χ3n) is 4.73. The molecule has 186 valence electrons. The monoisotopic (exact) mass is 604 g/mol. The van der Waals surface area contributed by atoms with E-state index in [1.165, 1.54) is 31.5 Å². The Balaban J connectivity index is 1.59. The van der Waals surface area contributed by atoms with Crippen molar-refractivity contribution in [2.75, 3.05) is 24.4 Å². The molecule has 0 heterocycles. The summed E-state index contributed by atoms with van der Waals surface area (Å²) in [6.07, 6.45) is 1.30. The van der Waals surface area contributed by atoms with E-state index >= 15 is 0 Å². The molecule has 0 saturated carbocycles. The maximum Gasteiger partial charge on any atom is 0.329 e. The molecule has 3 rings (SSSR count). The largest absolute Gasteiger partial charge is 0.493 e. The lowest BCUT2D eigenvalue weighted by Gasteiger charge is -2.14. The maximum absolute atomic E-state index is 13.6. The summed E-state index contributed by atoms with van der Waals surface area (Å²) in [7, 11) is 1.45. The SMILES string of the molecule is COc1cc(/C=N\NC(=O)C(=O)Nc2ccccc2F)cc(I)c1OCC(=O)Nc1ccccc1C. The molecule has 3 aromatic rings. The van der Waals surface area contributed by atoms with Gasteiger partial charge in [-0.3, -0.25) is 14.4 Å². The number of benzene rings is 3. The first-order chi connectivity index (χ1) is 17.3. The van der Waals surface area contributed by atoms with Crippen LogP contribution in [0.1, 0.15) is 11.1 Å². The number of hydrogen-bond acceptors (Lipinski definition) is 6. The number of nitrogens with zero attached hydrogens (tertiary/aromatic N) is 1.